The lowest BCUT2D eigenvalue weighted by Gasteiger charge is -2.36. The van der Waals surface area contributed by atoms with Crippen molar-refractivity contribution in [3.63, 3.8) is 0 Å². The molecule has 4 aromatic carbocycles. The van der Waals surface area contributed by atoms with Gasteiger partial charge in [0.2, 0.25) is 17.7 Å². The van der Waals surface area contributed by atoms with Crippen LogP contribution < -0.4 is 30.3 Å². The second kappa shape index (κ2) is 24.1. The average Bonchev–Trinajstić information content (AvgIpc) is 3.87. The summed E-state index contributed by atoms with van der Waals surface area (Å²) in [5.41, 5.74) is 4.36. The van der Waals surface area contributed by atoms with E-state index in [1.54, 1.807) is 42.2 Å². The van der Waals surface area contributed by atoms with Crippen LogP contribution in [0.4, 0.5) is 10.8 Å². The van der Waals surface area contributed by atoms with Crippen molar-refractivity contribution in [3.05, 3.63) is 101 Å². The number of nitrogens with zero attached hydrogens (tertiary/aromatic N) is 6. The lowest BCUT2D eigenvalue weighted by Crippen LogP contribution is -2.54. The number of amides is 7. The third kappa shape index (κ3) is 12.7. The van der Waals surface area contributed by atoms with Crippen molar-refractivity contribution in [2.75, 3.05) is 89.4 Å². The molecule has 3 fully saturated rings. The molecule has 5 aromatic rings. The van der Waals surface area contributed by atoms with E-state index in [2.05, 4.69) is 30.7 Å². The van der Waals surface area contributed by atoms with Gasteiger partial charge in [-0.05, 0) is 109 Å². The number of aromatic nitrogens is 1. The van der Waals surface area contributed by atoms with Crippen LogP contribution in [0.25, 0.3) is 10.8 Å². The first kappa shape index (κ1) is 52.8. The lowest BCUT2D eigenvalue weighted by atomic mass is 9.92. The van der Waals surface area contributed by atoms with E-state index < -0.39 is 11.9 Å². The van der Waals surface area contributed by atoms with Crippen LogP contribution in [0.5, 0.6) is 11.5 Å². The number of aryl methyl sites for hydroxylation is 1. The molecular weight excluding hydrogens is 995 g/mol. The van der Waals surface area contributed by atoms with Crippen LogP contribution in [-0.2, 0) is 25.7 Å². The Morgan fingerprint density at radius 2 is 1.61 bits per heavy atom. The number of thiazole rings is 1. The first-order valence-electron chi connectivity index (χ1n) is 25.7. The summed E-state index contributed by atoms with van der Waals surface area (Å²) in [5.74, 6) is -0.613. The highest BCUT2D eigenvalue weighted by Crippen LogP contribution is 2.39. The topological polar surface area (TPSA) is 203 Å². The van der Waals surface area contributed by atoms with E-state index in [1.807, 2.05) is 61.5 Å². The van der Waals surface area contributed by atoms with Gasteiger partial charge in [0.25, 0.3) is 23.6 Å². The van der Waals surface area contributed by atoms with Crippen molar-refractivity contribution in [2.24, 2.45) is 0 Å². The van der Waals surface area contributed by atoms with Gasteiger partial charge in [0.05, 0.1) is 23.1 Å². The van der Waals surface area contributed by atoms with Gasteiger partial charge < -0.3 is 34.4 Å². The fourth-order valence-corrected chi connectivity index (χ4v) is 12.1. The van der Waals surface area contributed by atoms with Crippen LogP contribution in [0.2, 0.25) is 0 Å². The molecule has 75 heavy (non-hydrogen) atoms. The zero-order valence-corrected chi connectivity index (χ0v) is 44.2. The van der Waals surface area contributed by atoms with Crippen LogP contribution in [0.15, 0.2) is 82.0 Å². The van der Waals surface area contributed by atoms with Gasteiger partial charge in [0.1, 0.15) is 17.5 Å². The largest absolute Gasteiger partial charge is 0.496 e. The highest BCUT2D eigenvalue weighted by Gasteiger charge is 2.38. The Hall–Kier alpha value is -7.03. The zero-order chi connectivity index (χ0) is 52.6. The molecular formula is C55H63N9O9S2. The first-order valence-corrected chi connectivity index (χ1v) is 27.3. The summed E-state index contributed by atoms with van der Waals surface area (Å²) in [6.07, 6.45) is 7.40. The minimum absolute atomic E-state index is 0.00595. The van der Waals surface area contributed by atoms with Crippen LogP contribution in [0.1, 0.15) is 94.1 Å². The number of methoxy groups -OCH3 is 1. The molecule has 1 unspecified atom stereocenters. The minimum Gasteiger partial charge on any atom is -0.496 e. The Balaban J connectivity index is 0.644. The van der Waals surface area contributed by atoms with E-state index in [4.69, 9.17) is 9.47 Å². The maximum Gasteiger partial charge on any atom is 0.257 e. The summed E-state index contributed by atoms with van der Waals surface area (Å²) in [4.78, 5) is 104. The number of carbonyl (C=O) groups excluding carboxylic acids is 7. The maximum atomic E-state index is 13.6. The number of hydrogen-bond acceptors (Lipinski definition) is 14. The van der Waals surface area contributed by atoms with Gasteiger partial charge >= 0.3 is 0 Å². The van der Waals surface area contributed by atoms with E-state index >= 15 is 0 Å². The quantitative estimate of drug-likeness (QED) is 0.0611. The van der Waals surface area contributed by atoms with Gasteiger partial charge in [-0.1, -0.05) is 54.5 Å². The predicted molar refractivity (Wildman–Crippen MR) is 287 cm³/mol. The molecule has 0 aliphatic carbocycles. The number of piperidine rings is 1. The predicted octanol–water partition coefficient (Wildman–Crippen LogP) is 6.35. The molecule has 20 heteroatoms. The summed E-state index contributed by atoms with van der Waals surface area (Å²) >= 11 is 2.84. The smallest absolute Gasteiger partial charge is 0.257 e. The van der Waals surface area contributed by atoms with Crippen molar-refractivity contribution >= 4 is 86.0 Å². The monoisotopic (exact) mass is 1060 g/mol. The van der Waals surface area contributed by atoms with Gasteiger partial charge in [0.15, 0.2) is 11.7 Å². The van der Waals surface area contributed by atoms with Gasteiger partial charge in [-0.3, -0.25) is 49.1 Å². The molecule has 7 amide bonds. The molecule has 5 heterocycles. The first-order chi connectivity index (χ1) is 36.3. The summed E-state index contributed by atoms with van der Waals surface area (Å²) in [6, 6.07) is 19.8. The summed E-state index contributed by atoms with van der Waals surface area (Å²) in [6.45, 7) is 10.8. The van der Waals surface area contributed by atoms with Crippen molar-refractivity contribution in [3.8, 4) is 11.5 Å². The van der Waals surface area contributed by atoms with Crippen molar-refractivity contribution < 1.29 is 43.0 Å². The van der Waals surface area contributed by atoms with Crippen LogP contribution in [-0.4, -0.2) is 151 Å². The molecule has 394 valence electrons. The molecule has 0 radical (unpaired) electrons. The molecule has 4 aliphatic rings. The SMILES string of the molecule is COc1cc(C)c(Sc2cnc(NC(=O)c3ccc(N4CCN(CCCCCCCNC(=O)COc5cc6c7c(cccc7c5)C(=O)N(C5CCC(=O)NC5=O)C6)CC4)cc3)s2)cc1C(=O)N1CCN(C(C)=O)CC1. The number of benzene rings is 4. The number of anilines is 2. The highest BCUT2D eigenvalue weighted by molar-refractivity contribution is 8.01. The number of carbonyl (C=O) groups is 7. The number of piperazine rings is 2. The van der Waals surface area contributed by atoms with Crippen LogP contribution in [0.3, 0.4) is 0 Å². The second-order valence-corrected chi connectivity index (χ2v) is 21.7. The van der Waals surface area contributed by atoms with E-state index in [0.29, 0.717) is 66.0 Å². The summed E-state index contributed by atoms with van der Waals surface area (Å²) in [7, 11) is 1.55. The average molecular weight is 1060 g/mol. The Morgan fingerprint density at radius 3 is 2.36 bits per heavy atom. The van der Waals surface area contributed by atoms with E-state index in [0.717, 1.165) is 102 Å². The van der Waals surface area contributed by atoms with Crippen LogP contribution in [0, 0.1) is 6.92 Å². The van der Waals surface area contributed by atoms with Crippen molar-refractivity contribution in [2.45, 2.75) is 80.5 Å². The lowest BCUT2D eigenvalue weighted by molar-refractivity contribution is -0.137. The molecule has 3 N–H and O–H groups in total. The number of nitrogens with one attached hydrogen (secondary N) is 3. The molecule has 0 spiro atoms. The Labute approximate surface area is 444 Å². The fraction of sp³-hybridized carbons (Fsp3) is 0.418. The van der Waals surface area contributed by atoms with Gasteiger partial charge in [-0.25, -0.2) is 4.98 Å². The van der Waals surface area contributed by atoms with Crippen molar-refractivity contribution in [1.29, 1.82) is 0 Å². The molecule has 0 saturated carbocycles. The highest BCUT2D eigenvalue weighted by atomic mass is 32.2. The maximum absolute atomic E-state index is 13.6. The molecule has 4 aliphatic heterocycles. The Morgan fingerprint density at radius 1 is 0.867 bits per heavy atom. The van der Waals surface area contributed by atoms with E-state index in [-0.39, 0.29) is 61.4 Å². The number of rotatable bonds is 19. The third-order valence-corrected chi connectivity index (χ3v) is 16.5. The van der Waals surface area contributed by atoms with Crippen LogP contribution >= 0.6 is 23.1 Å². The summed E-state index contributed by atoms with van der Waals surface area (Å²) in [5, 5.41) is 10.4. The molecule has 9 rings (SSSR count). The number of ether oxygens (including phenoxy) is 2. The third-order valence-electron chi connectivity index (χ3n) is 14.3. The van der Waals surface area contributed by atoms with Crippen molar-refractivity contribution in [1.82, 2.24) is 35.2 Å². The van der Waals surface area contributed by atoms with E-state index in [9.17, 15) is 33.6 Å². The fourth-order valence-electron chi connectivity index (χ4n) is 10.1. The summed E-state index contributed by atoms with van der Waals surface area (Å²) < 4.78 is 12.4. The van der Waals surface area contributed by atoms with Gasteiger partial charge in [0, 0.05) is 101 Å². The Bertz CT molecular complexity index is 2970. The second-order valence-electron chi connectivity index (χ2n) is 19.3. The number of unbranched alkanes of at least 4 members (excludes halogenated alkanes) is 4. The minimum atomic E-state index is -0.733. The molecule has 3 saturated heterocycles. The van der Waals surface area contributed by atoms with Gasteiger partial charge in [-0.2, -0.15) is 0 Å². The Kier molecular flexibility index (Phi) is 17.0. The normalized spacial score (nSPS) is 17.0. The molecule has 0 bridgehead atoms. The van der Waals surface area contributed by atoms with Gasteiger partial charge in [-0.15, -0.1) is 0 Å². The number of hydrogen-bond donors (Lipinski definition) is 3. The number of imide groups is 1. The molecule has 18 nitrogen and oxygen atoms in total. The zero-order valence-electron chi connectivity index (χ0n) is 42.6. The molecule has 1 atom stereocenters. The molecule has 1 aromatic heterocycles. The van der Waals surface area contributed by atoms with E-state index in [1.165, 1.54) is 28.0 Å². The standard InChI is InChI=1S/C55H63N9O9S2/c1-35-28-45(72-3)43(53(70)63-26-24-61(25-27-63)36(2)65)31-46(35)74-49-32-57-55(75-49)59-51(68)37-12-14-40(15-13-37)62-22-20-60(21-23-62)19-8-6-4-5-7-18-56-48(67)34-73-41-29-38-10-9-11-42-50(38)39(30-41)33-64(54(42)71)44-16-17-47(66)58-52(44)69/h9-15,28-32,44H,4-8,16-27,33-34H2,1-3H3,(H,56,67)(H,57,59,68)(H,58,66,69).